The molecule has 4 heterocycles. The maximum absolute atomic E-state index is 8.80. The van der Waals surface area contributed by atoms with E-state index in [1.807, 2.05) is 70.3 Å². The van der Waals surface area contributed by atoms with E-state index in [0.29, 0.717) is 22.5 Å². The summed E-state index contributed by atoms with van der Waals surface area (Å²) in [4.78, 5) is 14.3. The molecule has 9 aromatic rings. The van der Waals surface area contributed by atoms with Gasteiger partial charge < -0.3 is 8.98 Å². The number of hydrogen-bond acceptors (Lipinski definition) is 4. The maximum atomic E-state index is 8.80. The number of fused-ring (bicyclic) bond motifs is 4. The van der Waals surface area contributed by atoms with Gasteiger partial charge in [-0.25, -0.2) is 4.98 Å². The monoisotopic (exact) mass is 1030 g/mol. The Morgan fingerprint density at radius 3 is 2.22 bits per heavy atom. The molecule has 7 heteroatoms. The molecule has 0 fully saturated rings. The molecule has 0 aliphatic carbocycles. The van der Waals surface area contributed by atoms with Gasteiger partial charge in [-0.2, -0.15) is 0 Å². The smallest absolute Gasteiger partial charge is 0 e. The second kappa shape index (κ2) is 17.1. The van der Waals surface area contributed by atoms with E-state index in [-0.39, 0.29) is 25.7 Å². The first-order valence-electron chi connectivity index (χ1n) is 22.5. The van der Waals surface area contributed by atoms with Crippen molar-refractivity contribution >= 4 is 50.8 Å². The van der Waals surface area contributed by atoms with Crippen LogP contribution >= 0.6 is 0 Å². The summed E-state index contributed by atoms with van der Waals surface area (Å²) < 4.78 is 49.7. The first-order valence-corrected chi connectivity index (χ1v) is 27.4. The van der Waals surface area contributed by atoms with Crippen LogP contribution in [0.15, 0.2) is 126 Å². The topological polar surface area (TPSA) is 56.7 Å². The number of rotatable bonds is 6. The molecule has 0 amide bonds. The Bertz CT molecular complexity index is 3160. The predicted molar refractivity (Wildman–Crippen MR) is 249 cm³/mol. The Balaban J connectivity index is 0.000000202. The summed E-state index contributed by atoms with van der Waals surface area (Å²) >= 11 is -2.36. The summed E-state index contributed by atoms with van der Waals surface area (Å²) in [5.74, 6) is 7.50. The Morgan fingerprint density at radius 1 is 0.800 bits per heavy atom. The van der Waals surface area contributed by atoms with Crippen molar-refractivity contribution in [3.63, 3.8) is 0 Å². The Hall–Kier alpha value is -5.14. The molecule has 5 aromatic carbocycles. The summed E-state index contributed by atoms with van der Waals surface area (Å²) in [5, 5.41) is 2.01. The molecule has 1 radical (unpaired) electrons. The average molecular weight is 1030 g/mol. The van der Waals surface area contributed by atoms with Crippen LogP contribution in [-0.4, -0.2) is 32.8 Å². The van der Waals surface area contributed by atoms with Gasteiger partial charge in [0.15, 0.2) is 0 Å². The average Bonchev–Trinajstić information content (AvgIpc) is 3.81. The third kappa shape index (κ3) is 8.83. The zero-order chi connectivity index (χ0) is 45.9. The normalized spacial score (nSPS) is 13.4. The largest absolute Gasteiger partial charge is 0 e. The summed E-state index contributed by atoms with van der Waals surface area (Å²) in [7, 11) is 0. The van der Waals surface area contributed by atoms with Crippen molar-refractivity contribution in [2.24, 2.45) is 5.41 Å². The van der Waals surface area contributed by atoms with Crippen LogP contribution in [0.4, 0.5) is 0 Å². The minimum atomic E-state index is -2.36. The molecule has 0 spiro atoms. The van der Waals surface area contributed by atoms with E-state index in [2.05, 4.69) is 118 Å². The minimum absolute atomic E-state index is 0. The minimum Gasteiger partial charge on any atom is 0 e. The number of pyridine rings is 2. The zero-order valence-corrected chi connectivity index (χ0v) is 40.1. The van der Waals surface area contributed by atoms with Crippen molar-refractivity contribution in [3.05, 3.63) is 162 Å². The van der Waals surface area contributed by atoms with Crippen LogP contribution in [0.1, 0.15) is 55.6 Å². The third-order valence-electron chi connectivity index (χ3n) is 10.4. The fourth-order valence-electron chi connectivity index (χ4n) is 7.70. The number of hydrogen-bond donors (Lipinski definition) is 0. The second-order valence-corrected chi connectivity index (χ2v) is 27.9. The predicted octanol–water partition coefficient (Wildman–Crippen LogP) is 13.4. The Kier molecular flexibility index (Phi) is 10.4. The molecule has 0 saturated carbocycles. The van der Waals surface area contributed by atoms with Crippen molar-refractivity contribution in [1.29, 1.82) is 0 Å². The van der Waals surface area contributed by atoms with E-state index in [0.717, 1.165) is 54.6 Å². The molecular formula is C53H52GeIrN4O-2. The van der Waals surface area contributed by atoms with Crippen LogP contribution in [0.5, 0.6) is 0 Å². The number of para-hydroxylation sites is 2. The number of imidazole rings is 1. The molecular weight excluding hydrogens is 973 g/mol. The molecule has 0 unspecified atom stereocenters. The molecule has 0 atom stereocenters. The summed E-state index contributed by atoms with van der Waals surface area (Å²) in [6, 6.07) is 44.4. The van der Waals surface area contributed by atoms with Crippen molar-refractivity contribution in [2.75, 3.05) is 0 Å². The van der Waals surface area contributed by atoms with E-state index < -0.39 is 31.9 Å². The molecule has 0 aliphatic heterocycles. The van der Waals surface area contributed by atoms with Gasteiger partial charge in [0, 0.05) is 36.9 Å². The van der Waals surface area contributed by atoms with E-state index in [4.69, 9.17) is 16.3 Å². The molecule has 9 rings (SSSR count). The van der Waals surface area contributed by atoms with Gasteiger partial charge in [-0.1, -0.05) is 53.4 Å². The van der Waals surface area contributed by atoms with Gasteiger partial charge in [0.1, 0.15) is 0 Å². The van der Waals surface area contributed by atoms with Gasteiger partial charge in [0.2, 0.25) is 5.71 Å². The molecule has 0 saturated heterocycles. The molecule has 5 nitrogen and oxygen atoms in total. The fourth-order valence-corrected chi connectivity index (χ4v) is 10.6. The van der Waals surface area contributed by atoms with Crippen LogP contribution in [0.25, 0.3) is 72.6 Å². The Morgan fingerprint density at radius 2 is 1.53 bits per heavy atom. The molecule has 4 aromatic heterocycles. The van der Waals surface area contributed by atoms with Crippen LogP contribution in [0.3, 0.4) is 0 Å². The Labute approximate surface area is 378 Å². The van der Waals surface area contributed by atoms with E-state index in [9.17, 15) is 0 Å². The molecule has 305 valence electrons. The first kappa shape index (κ1) is 36.7. The zero-order valence-electron chi connectivity index (χ0n) is 40.6. The van der Waals surface area contributed by atoms with E-state index >= 15 is 0 Å². The van der Waals surface area contributed by atoms with Crippen molar-refractivity contribution in [1.82, 2.24) is 19.5 Å². The van der Waals surface area contributed by atoms with Gasteiger partial charge in [0.05, 0.1) is 22.4 Å². The van der Waals surface area contributed by atoms with Gasteiger partial charge in [-0.15, -0.1) is 18.2 Å². The summed E-state index contributed by atoms with van der Waals surface area (Å²) in [6.45, 7) is 9.87. The quantitative estimate of drug-likeness (QED) is 0.123. The van der Waals surface area contributed by atoms with Gasteiger partial charge in [-0.3, -0.25) is 4.98 Å². The fraction of sp³-hybridized carbons (Fsp3) is 0.226. The van der Waals surface area contributed by atoms with Crippen LogP contribution in [0.2, 0.25) is 17.3 Å². The van der Waals surface area contributed by atoms with Crippen LogP contribution in [0, 0.1) is 45.2 Å². The van der Waals surface area contributed by atoms with Crippen molar-refractivity contribution in [2.45, 2.75) is 72.0 Å². The molecule has 0 N–H and O–H groups in total. The number of nitrogens with zero attached hydrogens (tertiary/aromatic N) is 4. The van der Waals surface area contributed by atoms with Gasteiger partial charge >= 0.3 is 145 Å². The van der Waals surface area contributed by atoms with Gasteiger partial charge in [0.25, 0.3) is 0 Å². The SMILES string of the molecule is Cc1ccc2c(n1)oc1c(-c3nc4ccccc4n3-c3c(C)cc(-c4ccccc4)cc3C)[c-]ccc12.[2H]C([2H])([2H])c1c[c-]c(-c2cc(C([2H])([2H])C(C)(C)C)[c]([Ge]([CH3])([CH3])[CH3])cn2)cc1.[Ir]. The third-order valence-corrected chi connectivity index (χ3v) is 14.6. The van der Waals surface area contributed by atoms with E-state index in [1.165, 1.54) is 28.3 Å². The van der Waals surface area contributed by atoms with Crippen molar-refractivity contribution < 1.29 is 31.4 Å². The van der Waals surface area contributed by atoms with Gasteiger partial charge in [-0.05, 0) is 79.4 Å². The summed E-state index contributed by atoms with van der Waals surface area (Å²) in [6.07, 6.45) is 0.303. The standard InChI is InChI=1S/C33H24N3O.C20H28GeN.Ir/c1-20-18-24(23-10-5-4-6-11-23)19-21(2)30(20)36-29-15-8-7-14-28(29)35-32(36)27-13-9-12-25-26-17-16-22(3)34-33(26)37-31(25)27;1-15-8-10-16(11-9-15)19-12-17(13-20(2,3)4)18(14-22-19)21(5,6)7;/h4-12,14-19H,1-3H3;8-10,12,14H,13H2,1-7H3;/q2*-1;/i;1D3,13D2;. The molecule has 60 heavy (non-hydrogen) atoms. The molecule has 0 bridgehead atoms. The van der Waals surface area contributed by atoms with Crippen LogP contribution < -0.4 is 4.40 Å². The van der Waals surface area contributed by atoms with Crippen LogP contribution in [-0.2, 0) is 26.5 Å². The number of furan rings is 1. The summed E-state index contributed by atoms with van der Waals surface area (Å²) in [5.41, 5.74) is 12.7. The number of aromatic nitrogens is 4. The second-order valence-electron chi connectivity index (χ2n) is 17.3. The number of aryl methyl sites for hydroxylation is 4. The van der Waals surface area contributed by atoms with Crippen molar-refractivity contribution in [3.8, 4) is 39.5 Å². The molecule has 0 aliphatic rings. The van der Waals surface area contributed by atoms with E-state index in [1.54, 1.807) is 12.1 Å². The first-order chi connectivity index (χ1) is 30.1. The maximum Gasteiger partial charge on any atom is 0 e. The number of benzene rings is 5.